The lowest BCUT2D eigenvalue weighted by Crippen LogP contribution is -2.29. The van der Waals surface area contributed by atoms with Crippen molar-refractivity contribution in [2.45, 2.75) is 32.9 Å². The molecule has 0 bridgehead atoms. The predicted molar refractivity (Wildman–Crippen MR) is 129 cm³/mol. The van der Waals surface area contributed by atoms with Crippen molar-refractivity contribution in [1.29, 1.82) is 0 Å². The van der Waals surface area contributed by atoms with Crippen LogP contribution in [0.4, 0.5) is 5.69 Å². The number of aromatic nitrogens is 1. The molecule has 0 radical (unpaired) electrons. The minimum absolute atomic E-state index is 0.00472. The lowest BCUT2D eigenvalue weighted by molar-refractivity contribution is -0.132. The van der Waals surface area contributed by atoms with E-state index in [9.17, 15) is 14.7 Å². The van der Waals surface area contributed by atoms with Crippen molar-refractivity contribution in [3.8, 4) is 11.5 Å². The number of carbonyl (C=O) groups excluding carboxylic acids is 2. The number of aryl methyl sites for hydroxylation is 1. The second-order valence-electron chi connectivity index (χ2n) is 8.27. The summed E-state index contributed by atoms with van der Waals surface area (Å²) < 4.78 is 11.2. The van der Waals surface area contributed by atoms with Gasteiger partial charge in [-0.1, -0.05) is 18.2 Å². The van der Waals surface area contributed by atoms with E-state index in [1.165, 1.54) is 12.0 Å². The Kier molecular flexibility index (Phi) is 6.36. The minimum Gasteiger partial charge on any atom is -0.507 e. The zero-order valence-corrected chi connectivity index (χ0v) is 19.5. The first-order valence-corrected chi connectivity index (χ1v) is 10.9. The average molecular weight is 459 g/mol. The maximum atomic E-state index is 13.3. The van der Waals surface area contributed by atoms with Gasteiger partial charge in [0.2, 0.25) is 0 Å². The molecule has 1 fully saturated rings. The number of amides is 1. The number of pyridine rings is 1. The zero-order chi connectivity index (χ0) is 24.4. The topological polar surface area (TPSA) is 89.0 Å². The van der Waals surface area contributed by atoms with Crippen LogP contribution in [0.5, 0.6) is 11.5 Å². The fourth-order valence-electron chi connectivity index (χ4n) is 4.10. The van der Waals surface area contributed by atoms with Crippen molar-refractivity contribution in [1.82, 2.24) is 4.98 Å². The molecule has 4 rings (SSSR count). The quantitative estimate of drug-likeness (QED) is 0.324. The Balaban J connectivity index is 1.90. The summed E-state index contributed by atoms with van der Waals surface area (Å²) in [6.45, 7) is 5.72. The Morgan fingerprint density at radius 2 is 1.82 bits per heavy atom. The Hall–Kier alpha value is -4.13. The summed E-state index contributed by atoms with van der Waals surface area (Å²) in [5.41, 5.74) is 2.22. The summed E-state index contributed by atoms with van der Waals surface area (Å²) in [6, 6.07) is 14.7. The van der Waals surface area contributed by atoms with Gasteiger partial charge < -0.3 is 14.6 Å². The SMILES string of the molecule is COc1ccccc1N1C(=O)C(=O)/C(=C(\O)c2ccc(OC(C)C)c(C)c2)C1c1cccnc1. The van der Waals surface area contributed by atoms with Crippen LogP contribution in [0.1, 0.15) is 36.6 Å². The number of anilines is 1. The number of carbonyl (C=O) groups is 2. The highest BCUT2D eigenvalue weighted by Crippen LogP contribution is 2.44. The van der Waals surface area contributed by atoms with Crippen molar-refractivity contribution < 1.29 is 24.2 Å². The van der Waals surface area contributed by atoms with Crippen molar-refractivity contribution in [2.75, 3.05) is 12.0 Å². The third-order valence-electron chi connectivity index (χ3n) is 5.60. The number of para-hydroxylation sites is 2. The zero-order valence-electron chi connectivity index (χ0n) is 19.5. The second-order valence-corrected chi connectivity index (χ2v) is 8.27. The normalized spacial score (nSPS) is 17.3. The maximum absolute atomic E-state index is 13.3. The van der Waals surface area contributed by atoms with Gasteiger partial charge in [-0.2, -0.15) is 0 Å². The average Bonchev–Trinajstić information content (AvgIpc) is 3.10. The number of benzene rings is 2. The van der Waals surface area contributed by atoms with E-state index in [2.05, 4.69) is 4.98 Å². The molecule has 2 aromatic carbocycles. The first-order chi connectivity index (χ1) is 16.3. The van der Waals surface area contributed by atoms with Crippen molar-refractivity contribution in [2.24, 2.45) is 0 Å². The van der Waals surface area contributed by atoms with Crippen molar-refractivity contribution in [3.63, 3.8) is 0 Å². The third kappa shape index (κ3) is 4.12. The monoisotopic (exact) mass is 458 g/mol. The highest BCUT2D eigenvalue weighted by atomic mass is 16.5. The lowest BCUT2D eigenvalue weighted by Gasteiger charge is -2.26. The third-order valence-corrected chi connectivity index (χ3v) is 5.60. The minimum atomic E-state index is -0.878. The smallest absolute Gasteiger partial charge is 0.300 e. The van der Waals surface area contributed by atoms with Gasteiger partial charge in [0.05, 0.1) is 30.5 Å². The number of hydrogen-bond acceptors (Lipinski definition) is 6. The van der Waals surface area contributed by atoms with Gasteiger partial charge in [0.25, 0.3) is 11.7 Å². The van der Waals surface area contributed by atoms with Gasteiger partial charge in [-0.25, -0.2) is 0 Å². The number of aliphatic hydroxyl groups is 1. The van der Waals surface area contributed by atoms with Gasteiger partial charge in [0.15, 0.2) is 0 Å². The molecule has 1 amide bonds. The molecule has 174 valence electrons. The van der Waals surface area contributed by atoms with E-state index >= 15 is 0 Å². The first kappa shape index (κ1) is 23.0. The molecule has 34 heavy (non-hydrogen) atoms. The summed E-state index contributed by atoms with van der Waals surface area (Å²) in [6.07, 6.45) is 3.18. The van der Waals surface area contributed by atoms with Crippen LogP contribution in [0.25, 0.3) is 5.76 Å². The molecule has 1 N–H and O–H groups in total. The van der Waals surface area contributed by atoms with E-state index in [0.29, 0.717) is 28.3 Å². The summed E-state index contributed by atoms with van der Waals surface area (Å²) in [4.78, 5) is 32.1. The fourth-order valence-corrected chi connectivity index (χ4v) is 4.10. The molecule has 0 aliphatic carbocycles. The molecule has 1 aliphatic heterocycles. The number of rotatable bonds is 6. The van der Waals surface area contributed by atoms with E-state index in [1.54, 1.807) is 67.0 Å². The summed E-state index contributed by atoms with van der Waals surface area (Å²) in [5, 5.41) is 11.3. The molecule has 7 heteroatoms. The molecule has 2 heterocycles. The van der Waals surface area contributed by atoms with Gasteiger partial charge in [-0.15, -0.1) is 0 Å². The molecule has 0 saturated carbocycles. The standard InChI is InChI=1S/C27H26N2O5/c1-16(2)34-21-12-11-18(14-17(21)3)25(30)23-24(19-8-7-13-28-15-19)29(27(32)26(23)31)20-9-5-6-10-22(20)33-4/h5-16,24,30H,1-4H3/b25-23-. The van der Waals surface area contributed by atoms with Crippen LogP contribution in [0, 0.1) is 6.92 Å². The Bertz CT molecular complexity index is 1270. The molecule has 1 atom stereocenters. The highest BCUT2D eigenvalue weighted by molar-refractivity contribution is 6.51. The van der Waals surface area contributed by atoms with E-state index in [-0.39, 0.29) is 17.4 Å². The Labute approximate surface area is 198 Å². The molecule has 1 aliphatic rings. The fraction of sp³-hybridized carbons (Fsp3) is 0.222. The Morgan fingerprint density at radius 1 is 1.06 bits per heavy atom. The van der Waals surface area contributed by atoms with Crippen LogP contribution in [0.15, 0.2) is 72.6 Å². The van der Waals surface area contributed by atoms with Crippen molar-refractivity contribution >= 4 is 23.1 Å². The molecular weight excluding hydrogens is 432 g/mol. The van der Waals surface area contributed by atoms with Gasteiger partial charge in [0, 0.05) is 18.0 Å². The number of nitrogens with zero attached hydrogens (tertiary/aromatic N) is 2. The molecule has 1 aromatic heterocycles. The van der Waals surface area contributed by atoms with Gasteiger partial charge >= 0.3 is 0 Å². The number of hydrogen-bond donors (Lipinski definition) is 1. The van der Waals surface area contributed by atoms with E-state index in [0.717, 1.165) is 5.56 Å². The molecule has 0 spiro atoms. The molecule has 7 nitrogen and oxygen atoms in total. The van der Waals surface area contributed by atoms with Crippen molar-refractivity contribution in [3.05, 3.63) is 89.3 Å². The van der Waals surface area contributed by atoms with Gasteiger partial charge in [0.1, 0.15) is 17.3 Å². The summed E-state index contributed by atoms with van der Waals surface area (Å²) >= 11 is 0. The van der Waals surface area contributed by atoms with E-state index in [4.69, 9.17) is 9.47 Å². The van der Waals surface area contributed by atoms with Crippen LogP contribution in [-0.4, -0.2) is 35.0 Å². The maximum Gasteiger partial charge on any atom is 0.300 e. The predicted octanol–water partition coefficient (Wildman–Crippen LogP) is 4.81. The highest BCUT2D eigenvalue weighted by Gasteiger charge is 2.47. The van der Waals surface area contributed by atoms with Crippen LogP contribution in [0.2, 0.25) is 0 Å². The first-order valence-electron chi connectivity index (χ1n) is 10.9. The molecule has 1 saturated heterocycles. The lowest BCUT2D eigenvalue weighted by atomic mass is 9.95. The number of Topliss-reactive ketones (excluding diaryl/α,β-unsaturated/α-hetero) is 1. The molecule has 1 unspecified atom stereocenters. The van der Waals surface area contributed by atoms with Crippen LogP contribution >= 0.6 is 0 Å². The number of ether oxygens (including phenoxy) is 2. The van der Waals surface area contributed by atoms with Crippen LogP contribution < -0.4 is 14.4 Å². The second kappa shape index (κ2) is 9.39. The molecule has 3 aromatic rings. The number of ketones is 1. The summed E-state index contributed by atoms with van der Waals surface area (Å²) in [7, 11) is 1.50. The number of aliphatic hydroxyl groups excluding tert-OH is 1. The van der Waals surface area contributed by atoms with Gasteiger partial charge in [-0.3, -0.25) is 19.5 Å². The largest absolute Gasteiger partial charge is 0.507 e. The van der Waals surface area contributed by atoms with Gasteiger partial charge in [-0.05, 0) is 68.3 Å². The van der Waals surface area contributed by atoms with E-state index in [1.807, 2.05) is 20.8 Å². The summed E-state index contributed by atoms with van der Waals surface area (Å²) in [5.74, 6) is -0.674. The van der Waals surface area contributed by atoms with Crippen LogP contribution in [0.3, 0.4) is 0 Å². The number of methoxy groups -OCH3 is 1. The molecular formula is C27H26N2O5. The Morgan fingerprint density at radius 3 is 2.47 bits per heavy atom. The van der Waals surface area contributed by atoms with Crippen LogP contribution in [-0.2, 0) is 9.59 Å². The van der Waals surface area contributed by atoms with E-state index < -0.39 is 17.7 Å².